The van der Waals surface area contributed by atoms with Crippen LogP contribution in [0.15, 0.2) is 6.20 Å². The van der Waals surface area contributed by atoms with Crippen molar-refractivity contribution in [2.45, 2.75) is 39.2 Å². The van der Waals surface area contributed by atoms with Gasteiger partial charge in [0.2, 0.25) is 0 Å². The second-order valence-electron chi connectivity index (χ2n) is 5.86. The average Bonchev–Trinajstić information content (AvgIpc) is 3.30. The van der Waals surface area contributed by atoms with Gasteiger partial charge in [-0.05, 0) is 44.4 Å². The van der Waals surface area contributed by atoms with E-state index < -0.39 is 0 Å². The minimum Gasteiger partial charge on any atom is -0.396 e. The number of anilines is 1. The van der Waals surface area contributed by atoms with Crippen LogP contribution in [0.4, 0.5) is 5.69 Å². The number of carbonyl (C=O) groups is 1. The van der Waals surface area contributed by atoms with E-state index in [1.54, 1.807) is 10.9 Å². The first kappa shape index (κ1) is 12.5. The zero-order valence-electron chi connectivity index (χ0n) is 11.5. The van der Waals surface area contributed by atoms with E-state index >= 15 is 0 Å². The molecule has 0 aliphatic heterocycles. The highest BCUT2D eigenvalue weighted by Gasteiger charge is 2.33. The van der Waals surface area contributed by atoms with E-state index in [2.05, 4.69) is 5.10 Å². The standard InChI is InChI=1S/C14H22N4O/c1-2-18-13(12(15)7-16-18)14(19)17(8-10-3-4-10)9-11-5-6-11/h7,10-11H,2-6,8-9,15H2,1H3. The predicted molar refractivity (Wildman–Crippen MR) is 73.7 cm³/mol. The van der Waals surface area contributed by atoms with Crippen molar-refractivity contribution in [3.05, 3.63) is 11.9 Å². The molecule has 1 heterocycles. The highest BCUT2D eigenvalue weighted by atomic mass is 16.2. The molecule has 0 atom stereocenters. The third-order valence-corrected chi connectivity index (χ3v) is 4.01. The smallest absolute Gasteiger partial charge is 0.274 e. The molecule has 104 valence electrons. The predicted octanol–water partition coefficient (Wildman–Crippen LogP) is 1.75. The SMILES string of the molecule is CCn1ncc(N)c1C(=O)N(CC1CC1)CC1CC1. The molecular formula is C14H22N4O. The Hall–Kier alpha value is -1.52. The van der Waals surface area contributed by atoms with Crippen LogP contribution in [0.2, 0.25) is 0 Å². The Morgan fingerprint density at radius 1 is 1.37 bits per heavy atom. The second-order valence-corrected chi connectivity index (χ2v) is 5.86. The van der Waals surface area contributed by atoms with E-state index in [0.717, 1.165) is 13.1 Å². The number of nitrogens with zero attached hydrogens (tertiary/aromatic N) is 3. The summed E-state index contributed by atoms with van der Waals surface area (Å²) in [6, 6.07) is 0. The van der Waals surface area contributed by atoms with Crippen molar-refractivity contribution < 1.29 is 4.79 Å². The lowest BCUT2D eigenvalue weighted by Gasteiger charge is -2.23. The Balaban J connectivity index is 1.78. The van der Waals surface area contributed by atoms with Gasteiger partial charge in [0, 0.05) is 19.6 Å². The molecule has 2 saturated carbocycles. The van der Waals surface area contributed by atoms with Crippen LogP contribution in [0.1, 0.15) is 43.1 Å². The van der Waals surface area contributed by atoms with Gasteiger partial charge < -0.3 is 10.6 Å². The molecule has 5 heteroatoms. The van der Waals surface area contributed by atoms with Crippen molar-refractivity contribution in [1.29, 1.82) is 0 Å². The molecular weight excluding hydrogens is 240 g/mol. The molecule has 3 rings (SSSR count). The van der Waals surface area contributed by atoms with Crippen LogP contribution in [0.25, 0.3) is 0 Å². The van der Waals surface area contributed by atoms with E-state index in [9.17, 15) is 4.79 Å². The molecule has 0 spiro atoms. The number of nitrogens with two attached hydrogens (primary N) is 1. The van der Waals surface area contributed by atoms with E-state index in [1.165, 1.54) is 25.7 Å². The van der Waals surface area contributed by atoms with Crippen LogP contribution in [0.5, 0.6) is 0 Å². The van der Waals surface area contributed by atoms with Gasteiger partial charge in [-0.3, -0.25) is 9.48 Å². The van der Waals surface area contributed by atoms with Crippen LogP contribution in [-0.2, 0) is 6.54 Å². The van der Waals surface area contributed by atoms with Crippen LogP contribution < -0.4 is 5.73 Å². The van der Waals surface area contributed by atoms with Gasteiger partial charge in [0.25, 0.3) is 5.91 Å². The lowest BCUT2D eigenvalue weighted by atomic mass is 10.2. The molecule has 5 nitrogen and oxygen atoms in total. The summed E-state index contributed by atoms with van der Waals surface area (Å²) >= 11 is 0. The average molecular weight is 262 g/mol. The maximum absolute atomic E-state index is 12.7. The van der Waals surface area contributed by atoms with Gasteiger partial charge in [-0.25, -0.2) is 0 Å². The van der Waals surface area contributed by atoms with Crippen LogP contribution in [0, 0.1) is 11.8 Å². The molecule has 19 heavy (non-hydrogen) atoms. The van der Waals surface area contributed by atoms with Crippen molar-refractivity contribution in [2.75, 3.05) is 18.8 Å². The summed E-state index contributed by atoms with van der Waals surface area (Å²) in [6.45, 7) is 4.45. The van der Waals surface area contributed by atoms with Crippen molar-refractivity contribution in [3.8, 4) is 0 Å². The zero-order valence-corrected chi connectivity index (χ0v) is 11.5. The Morgan fingerprint density at radius 2 is 1.95 bits per heavy atom. The molecule has 2 fully saturated rings. The minimum absolute atomic E-state index is 0.0654. The molecule has 2 aliphatic carbocycles. The summed E-state index contributed by atoms with van der Waals surface area (Å²) in [5.74, 6) is 1.49. The third-order valence-electron chi connectivity index (χ3n) is 4.01. The molecule has 2 aliphatic rings. The number of nitrogen functional groups attached to an aromatic ring is 1. The highest BCUT2D eigenvalue weighted by Crippen LogP contribution is 2.34. The first-order chi connectivity index (χ1) is 9.19. The van der Waals surface area contributed by atoms with Crippen molar-refractivity contribution >= 4 is 11.6 Å². The topological polar surface area (TPSA) is 64.2 Å². The zero-order chi connectivity index (χ0) is 13.4. The van der Waals surface area contributed by atoms with Gasteiger partial charge in [0.1, 0.15) is 5.69 Å². The summed E-state index contributed by atoms with van der Waals surface area (Å²) in [5.41, 5.74) is 6.99. The van der Waals surface area contributed by atoms with E-state index in [0.29, 0.717) is 29.8 Å². The Kier molecular flexibility index (Phi) is 3.21. The molecule has 0 aromatic carbocycles. The molecule has 1 aromatic heterocycles. The number of carbonyl (C=O) groups excluding carboxylic acids is 1. The number of amides is 1. The van der Waals surface area contributed by atoms with Crippen LogP contribution >= 0.6 is 0 Å². The van der Waals surface area contributed by atoms with Crippen molar-refractivity contribution in [2.24, 2.45) is 11.8 Å². The number of rotatable bonds is 6. The normalized spacial score (nSPS) is 18.6. The maximum Gasteiger partial charge on any atom is 0.274 e. The monoisotopic (exact) mass is 262 g/mol. The minimum atomic E-state index is 0.0654. The largest absolute Gasteiger partial charge is 0.396 e. The van der Waals surface area contributed by atoms with Crippen LogP contribution in [-0.4, -0.2) is 33.7 Å². The van der Waals surface area contributed by atoms with Gasteiger partial charge in [0.15, 0.2) is 0 Å². The van der Waals surface area contributed by atoms with E-state index in [4.69, 9.17) is 5.73 Å². The molecule has 0 unspecified atom stereocenters. The molecule has 0 saturated heterocycles. The Labute approximate surface area is 113 Å². The van der Waals surface area contributed by atoms with Gasteiger partial charge in [-0.1, -0.05) is 0 Å². The summed E-state index contributed by atoms with van der Waals surface area (Å²) in [5, 5.41) is 4.17. The first-order valence-electron chi connectivity index (χ1n) is 7.29. The summed E-state index contributed by atoms with van der Waals surface area (Å²) < 4.78 is 1.71. The van der Waals surface area contributed by atoms with E-state index in [-0.39, 0.29) is 5.91 Å². The third kappa shape index (κ3) is 2.74. The number of hydrogen-bond acceptors (Lipinski definition) is 3. The summed E-state index contributed by atoms with van der Waals surface area (Å²) in [6.07, 6.45) is 6.63. The van der Waals surface area contributed by atoms with Gasteiger partial charge in [0.05, 0.1) is 11.9 Å². The van der Waals surface area contributed by atoms with E-state index in [1.807, 2.05) is 11.8 Å². The van der Waals surface area contributed by atoms with Gasteiger partial charge in [-0.2, -0.15) is 5.10 Å². The lowest BCUT2D eigenvalue weighted by Crippen LogP contribution is -2.36. The second kappa shape index (κ2) is 4.87. The van der Waals surface area contributed by atoms with Crippen LogP contribution in [0.3, 0.4) is 0 Å². The molecule has 0 radical (unpaired) electrons. The number of aromatic nitrogens is 2. The molecule has 2 N–H and O–H groups in total. The summed E-state index contributed by atoms with van der Waals surface area (Å²) in [7, 11) is 0. The number of hydrogen-bond donors (Lipinski definition) is 1. The highest BCUT2D eigenvalue weighted by molar-refractivity contribution is 5.97. The Bertz CT molecular complexity index is 460. The van der Waals surface area contributed by atoms with Gasteiger partial charge >= 0.3 is 0 Å². The Morgan fingerprint density at radius 3 is 2.42 bits per heavy atom. The molecule has 1 amide bonds. The van der Waals surface area contributed by atoms with Crippen molar-refractivity contribution in [3.63, 3.8) is 0 Å². The molecule has 1 aromatic rings. The fourth-order valence-electron chi connectivity index (χ4n) is 2.49. The fraction of sp³-hybridized carbons (Fsp3) is 0.714. The maximum atomic E-state index is 12.7. The lowest BCUT2D eigenvalue weighted by molar-refractivity contribution is 0.0728. The molecule has 0 bridgehead atoms. The summed E-state index contributed by atoms with van der Waals surface area (Å²) in [4.78, 5) is 14.7. The quantitative estimate of drug-likeness (QED) is 0.849. The fourth-order valence-corrected chi connectivity index (χ4v) is 2.49. The number of aryl methyl sites for hydroxylation is 1. The first-order valence-corrected chi connectivity index (χ1v) is 7.29. The van der Waals surface area contributed by atoms with Gasteiger partial charge in [-0.15, -0.1) is 0 Å². The van der Waals surface area contributed by atoms with Crippen molar-refractivity contribution in [1.82, 2.24) is 14.7 Å².